The number of hydrogen-bond donors (Lipinski definition) is 1. The lowest BCUT2D eigenvalue weighted by Crippen LogP contribution is -2.29. The molecule has 1 N–H and O–H groups in total. The average molecular weight is 127 g/mol. The van der Waals surface area contributed by atoms with Crippen molar-refractivity contribution in [1.82, 2.24) is 4.90 Å². The third kappa shape index (κ3) is 0.833. The Balaban J connectivity index is 2.82. The summed E-state index contributed by atoms with van der Waals surface area (Å²) >= 11 is 0. The van der Waals surface area contributed by atoms with E-state index >= 15 is 0 Å². The fourth-order valence-corrected chi connectivity index (χ4v) is 0.805. The van der Waals surface area contributed by atoms with Crippen LogP contribution in [0.4, 0.5) is 0 Å². The van der Waals surface area contributed by atoms with Crippen LogP contribution in [0, 0.1) is 0 Å². The van der Waals surface area contributed by atoms with E-state index in [4.69, 9.17) is 5.11 Å². The molecule has 0 aliphatic carbocycles. The van der Waals surface area contributed by atoms with Crippen molar-refractivity contribution in [2.75, 3.05) is 7.05 Å². The Morgan fingerprint density at radius 1 is 1.78 bits per heavy atom. The molecule has 0 aromatic carbocycles. The molecule has 1 aliphatic heterocycles. The molecule has 0 saturated heterocycles. The van der Waals surface area contributed by atoms with Crippen LogP contribution in [0.25, 0.3) is 0 Å². The first-order valence-corrected chi connectivity index (χ1v) is 2.76. The fraction of sp³-hybridized carbons (Fsp3) is 0.500. The monoisotopic (exact) mass is 127 g/mol. The Morgan fingerprint density at radius 2 is 2.33 bits per heavy atom. The maximum atomic E-state index is 10.8. The van der Waals surface area contributed by atoms with E-state index in [2.05, 4.69) is 0 Å². The molecule has 0 radical (unpaired) electrons. The van der Waals surface area contributed by atoms with Crippen LogP contribution in [-0.2, 0) is 4.79 Å². The van der Waals surface area contributed by atoms with Crippen LogP contribution in [0.15, 0.2) is 11.6 Å². The summed E-state index contributed by atoms with van der Waals surface area (Å²) in [6.45, 7) is 1.69. The highest BCUT2D eigenvalue weighted by Crippen LogP contribution is 2.12. The van der Waals surface area contributed by atoms with Crippen molar-refractivity contribution < 1.29 is 9.90 Å². The molecule has 1 unspecified atom stereocenters. The summed E-state index contributed by atoms with van der Waals surface area (Å²) in [5, 5.41) is 8.97. The standard InChI is InChI=1S/C6H9NO2/c1-4-3-5(8)7(2)6(4)9/h3,5,8H,1-2H3. The number of likely N-dealkylation sites (N-methyl/N-ethyl adjacent to an activating group) is 1. The normalized spacial score (nSPS) is 27.0. The van der Waals surface area contributed by atoms with Gasteiger partial charge in [0.2, 0.25) is 0 Å². The third-order valence-corrected chi connectivity index (χ3v) is 1.45. The van der Waals surface area contributed by atoms with Crippen LogP contribution in [-0.4, -0.2) is 29.2 Å². The number of aliphatic hydroxyl groups excluding tert-OH is 1. The van der Waals surface area contributed by atoms with Crippen LogP contribution in [0.2, 0.25) is 0 Å². The molecule has 3 heteroatoms. The van der Waals surface area contributed by atoms with Crippen molar-refractivity contribution in [2.45, 2.75) is 13.2 Å². The predicted octanol–water partition coefficient (Wildman–Crippen LogP) is -0.277. The summed E-state index contributed by atoms with van der Waals surface area (Å²) in [7, 11) is 1.57. The molecule has 0 aromatic heterocycles. The lowest BCUT2D eigenvalue weighted by molar-refractivity contribution is -0.129. The van der Waals surface area contributed by atoms with Gasteiger partial charge < -0.3 is 10.0 Å². The summed E-state index contributed by atoms with van der Waals surface area (Å²) in [6, 6.07) is 0. The lowest BCUT2D eigenvalue weighted by atomic mass is 10.3. The van der Waals surface area contributed by atoms with E-state index in [1.165, 1.54) is 11.0 Å². The van der Waals surface area contributed by atoms with Crippen molar-refractivity contribution in [3.05, 3.63) is 11.6 Å². The summed E-state index contributed by atoms with van der Waals surface area (Å²) in [5.41, 5.74) is 0.616. The van der Waals surface area contributed by atoms with Gasteiger partial charge in [0.25, 0.3) is 5.91 Å². The van der Waals surface area contributed by atoms with Gasteiger partial charge in [0.1, 0.15) is 6.23 Å². The lowest BCUT2D eigenvalue weighted by Gasteiger charge is -2.12. The largest absolute Gasteiger partial charge is 0.370 e. The van der Waals surface area contributed by atoms with Crippen LogP contribution in [0.5, 0.6) is 0 Å². The Bertz CT molecular complexity index is 174. The van der Waals surface area contributed by atoms with Gasteiger partial charge in [-0.05, 0) is 13.0 Å². The predicted molar refractivity (Wildman–Crippen MR) is 32.5 cm³/mol. The smallest absolute Gasteiger partial charge is 0.251 e. The molecular formula is C6H9NO2. The van der Waals surface area contributed by atoms with Crippen molar-refractivity contribution in [2.24, 2.45) is 0 Å². The second kappa shape index (κ2) is 1.84. The van der Waals surface area contributed by atoms with Gasteiger partial charge in [-0.3, -0.25) is 4.79 Å². The van der Waals surface area contributed by atoms with E-state index in [0.29, 0.717) is 5.57 Å². The quantitative estimate of drug-likeness (QED) is 0.486. The van der Waals surface area contributed by atoms with Gasteiger partial charge in [0, 0.05) is 12.6 Å². The first-order chi connectivity index (χ1) is 4.13. The van der Waals surface area contributed by atoms with E-state index < -0.39 is 6.23 Å². The molecular weight excluding hydrogens is 118 g/mol. The minimum atomic E-state index is -0.711. The molecule has 1 atom stereocenters. The van der Waals surface area contributed by atoms with Crippen LogP contribution in [0.1, 0.15) is 6.92 Å². The van der Waals surface area contributed by atoms with E-state index in [-0.39, 0.29) is 5.91 Å². The van der Waals surface area contributed by atoms with Gasteiger partial charge in [-0.25, -0.2) is 0 Å². The van der Waals surface area contributed by atoms with Crippen LogP contribution >= 0.6 is 0 Å². The minimum absolute atomic E-state index is 0.0949. The Labute approximate surface area is 53.6 Å². The number of carbonyl (C=O) groups excluding carboxylic acids is 1. The van der Waals surface area contributed by atoms with Gasteiger partial charge in [-0.2, -0.15) is 0 Å². The third-order valence-electron chi connectivity index (χ3n) is 1.45. The maximum Gasteiger partial charge on any atom is 0.251 e. The molecule has 3 nitrogen and oxygen atoms in total. The first-order valence-electron chi connectivity index (χ1n) is 2.76. The summed E-state index contributed by atoms with van der Waals surface area (Å²) < 4.78 is 0. The highest BCUT2D eigenvalue weighted by atomic mass is 16.3. The van der Waals surface area contributed by atoms with Crippen molar-refractivity contribution in [1.29, 1.82) is 0 Å². The van der Waals surface area contributed by atoms with Gasteiger partial charge >= 0.3 is 0 Å². The van der Waals surface area contributed by atoms with Crippen LogP contribution in [0.3, 0.4) is 0 Å². The fourth-order valence-electron chi connectivity index (χ4n) is 0.805. The number of carbonyl (C=O) groups is 1. The molecule has 0 saturated carbocycles. The maximum absolute atomic E-state index is 10.8. The summed E-state index contributed by atoms with van der Waals surface area (Å²) in [4.78, 5) is 12.1. The molecule has 1 aliphatic rings. The molecule has 9 heavy (non-hydrogen) atoms. The zero-order valence-electron chi connectivity index (χ0n) is 5.46. The molecule has 1 rings (SSSR count). The molecule has 0 spiro atoms. The summed E-state index contributed by atoms with van der Waals surface area (Å²) in [5.74, 6) is -0.0949. The van der Waals surface area contributed by atoms with E-state index in [0.717, 1.165) is 0 Å². The first kappa shape index (κ1) is 6.29. The number of amides is 1. The SMILES string of the molecule is CC1=CC(O)N(C)C1=O. The van der Waals surface area contributed by atoms with Crippen molar-refractivity contribution >= 4 is 5.91 Å². The van der Waals surface area contributed by atoms with E-state index in [1.807, 2.05) is 0 Å². The topological polar surface area (TPSA) is 40.5 Å². The van der Waals surface area contributed by atoms with Gasteiger partial charge in [-0.15, -0.1) is 0 Å². The molecule has 1 heterocycles. The minimum Gasteiger partial charge on any atom is -0.370 e. The van der Waals surface area contributed by atoms with Crippen molar-refractivity contribution in [3.63, 3.8) is 0 Å². The zero-order valence-corrected chi connectivity index (χ0v) is 5.46. The second-order valence-corrected chi connectivity index (χ2v) is 2.18. The molecule has 50 valence electrons. The molecule has 0 fully saturated rings. The summed E-state index contributed by atoms with van der Waals surface area (Å²) in [6.07, 6.45) is 0.819. The second-order valence-electron chi connectivity index (χ2n) is 2.18. The molecule has 0 bridgehead atoms. The number of aliphatic hydroxyl groups is 1. The number of hydrogen-bond acceptors (Lipinski definition) is 2. The van der Waals surface area contributed by atoms with Crippen LogP contribution < -0.4 is 0 Å². The van der Waals surface area contributed by atoms with Gasteiger partial charge in [-0.1, -0.05) is 0 Å². The number of rotatable bonds is 0. The Kier molecular flexibility index (Phi) is 1.29. The molecule has 1 amide bonds. The highest BCUT2D eigenvalue weighted by molar-refractivity contribution is 5.95. The van der Waals surface area contributed by atoms with Gasteiger partial charge in [0.05, 0.1) is 0 Å². The average Bonchev–Trinajstić information content (AvgIpc) is 1.98. The number of nitrogens with zero attached hydrogens (tertiary/aromatic N) is 1. The highest BCUT2D eigenvalue weighted by Gasteiger charge is 2.23. The zero-order chi connectivity index (χ0) is 7.02. The van der Waals surface area contributed by atoms with Gasteiger partial charge in [0.15, 0.2) is 0 Å². The van der Waals surface area contributed by atoms with E-state index in [1.54, 1.807) is 14.0 Å². The Morgan fingerprint density at radius 3 is 2.44 bits per heavy atom. The van der Waals surface area contributed by atoms with Crippen molar-refractivity contribution in [3.8, 4) is 0 Å². The van der Waals surface area contributed by atoms with E-state index in [9.17, 15) is 4.79 Å². The molecule has 0 aromatic rings. The Hall–Kier alpha value is -0.830.